The van der Waals surface area contributed by atoms with Crippen LogP contribution in [0.4, 0.5) is 17.1 Å². The van der Waals surface area contributed by atoms with E-state index in [-0.39, 0.29) is 5.41 Å². The minimum Gasteiger partial charge on any atom is -0.311 e. The van der Waals surface area contributed by atoms with Gasteiger partial charge in [-0.3, -0.25) is 0 Å². The van der Waals surface area contributed by atoms with Gasteiger partial charge in [0.2, 0.25) is 0 Å². The molecule has 1 nitrogen and oxygen atoms in total. The molecule has 6 aromatic carbocycles. The largest absolute Gasteiger partial charge is 0.311 e. The van der Waals surface area contributed by atoms with E-state index in [2.05, 4.69) is 189 Å². The topological polar surface area (TPSA) is 3.24 Å². The molecule has 6 aromatic rings. The van der Waals surface area contributed by atoms with E-state index < -0.39 is 0 Å². The summed E-state index contributed by atoms with van der Waals surface area (Å²) in [5, 5.41) is 0. The van der Waals surface area contributed by atoms with E-state index in [1.807, 2.05) is 0 Å². The van der Waals surface area contributed by atoms with Crippen molar-refractivity contribution < 1.29 is 0 Å². The monoisotopic (exact) mass is 639 g/mol. The van der Waals surface area contributed by atoms with Gasteiger partial charge >= 0.3 is 0 Å². The van der Waals surface area contributed by atoms with E-state index in [0.29, 0.717) is 5.92 Å². The average molecular weight is 640 g/mol. The van der Waals surface area contributed by atoms with Crippen LogP contribution in [-0.4, -0.2) is 0 Å². The third kappa shape index (κ3) is 4.40. The molecule has 0 N–H and O–H groups in total. The zero-order chi connectivity index (χ0) is 33.4. The van der Waals surface area contributed by atoms with Gasteiger partial charge in [0.15, 0.2) is 0 Å². The van der Waals surface area contributed by atoms with Gasteiger partial charge in [0.1, 0.15) is 0 Å². The Balaban J connectivity index is 1.04. The van der Waals surface area contributed by atoms with Crippen molar-refractivity contribution >= 4 is 23.1 Å². The van der Waals surface area contributed by atoms with Crippen molar-refractivity contribution in [3.63, 3.8) is 0 Å². The van der Waals surface area contributed by atoms with Crippen LogP contribution in [0.1, 0.15) is 47.6 Å². The van der Waals surface area contributed by atoms with Crippen molar-refractivity contribution in [2.45, 2.75) is 31.6 Å². The summed E-state index contributed by atoms with van der Waals surface area (Å²) in [5.41, 5.74) is 21.2. The summed E-state index contributed by atoms with van der Waals surface area (Å²) in [4.78, 5) is 2.32. The second-order valence-corrected chi connectivity index (χ2v) is 14.5. The first kappa shape index (κ1) is 29.0. The first-order valence-electron chi connectivity index (χ1n) is 17.8. The van der Waals surface area contributed by atoms with Crippen LogP contribution in [0.25, 0.3) is 39.5 Å². The molecule has 0 radical (unpaired) electrons. The molecule has 0 bridgehead atoms. The summed E-state index contributed by atoms with van der Waals surface area (Å²) in [6.45, 7) is 4.75. The molecule has 0 fully saturated rings. The quantitative estimate of drug-likeness (QED) is 0.181. The Labute approximate surface area is 294 Å². The molecule has 0 spiro atoms. The fourth-order valence-electron chi connectivity index (χ4n) is 8.91. The van der Waals surface area contributed by atoms with Crippen LogP contribution in [0.15, 0.2) is 175 Å². The van der Waals surface area contributed by atoms with E-state index in [4.69, 9.17) is 0 Å². The number of para-hydroxylation sites is 2. The molecule has 10 rings (SSSR count). The number of nitrogens with zero attached hydrogens (tertiary/aromatic N) is 1. The molecule has 0 aromatic heterocycles. The van der Waals surface area contributed by atoms with Gasteiger partial charge in [-0.1, -0.05) is 135 Å². The fourth-order valence-corrected chi connectivity index (χ4v) is 8.91. The molecule has 1 unspecified atom stereocenters. The van der Waals surface area contributed by atoms with E-state index in [9.17, 15) is 0 Å². The summed E-state index contributed by atoms with van der Waals surface area (Å²) < 4.78 is 0. The predicted molar refractivity (Wildman–Crippen MR) is 210 cm³/mol. The molecule has 1 heteroatoms. The van der Waals surface area contributed by atoms with E-state index in [1.54, 1.807) is 0 Å². The summed E-state index contributed by atoms with van der Waals surface area (Å²) in [7, 11) is 0. The molecule has 0 saturated heterocycles. The lowest BCUT2D eigenvalue weighted by atomic mass is 9.69. The Morgan fingerprint density at radius 3 is 1.86 bits per heavy atom. The Hall–Kier alpha value is -5.92. The van der Waals surface area contributed by atoms with Gasteiger partial charge in [0.05, 0.1) is 0 Å². The molecule has 1 atom stereocenters. The summed E-state index contributed by atoms with van der Waals surface area (Å²) >= 11 is 0. The number of allylic oxidation sites excluding steroid dienone is 7. The number of benzene rings is 6. The molecule has 0 heterocycles. The normalized spacial score (nSPS) is 17.0. The minimum absolute atomic E-state index is 0.0574. The summed E-state index contributed by atoms with van der Waals surface area (Å²) in [6.07, 6.45) is 14.8. The molecule has 0 aliphatic heterocycles. The van der Waals surface area contributed by atoms with Crippen molar-refractivity contribution in [3.8, 4) is 33.4 Å². The Morgan fingerprint density at radius 1 is 0.540 bits per heavy atom. The van der Waals surface area contributed by atoms with Crippen molar-refractivity contribution in [2.75, 3.05) is 4.90 Å². The van der Waals surface area contributed by atoms with Crippen LogP contribution < -0.4 is 4.90 Å². The van der Waals surface area contributed by atoms with Crippen molar-refractivity contribution in [1.29, 1.82) is 0 Å². The first-order chi connectivity index (χ1) is 24.5. The zero-order valence-electron chi connectivity index (χ0n) is 28.4. The van der Waals surface area contributed by atoms with Crippen molar-refractivity contribution in [1.82, 2.24) is 0 Å². The predicted octanol–water partition coefficient (Wildman–Crippen LogP) is 12.9. The standard InChI is InChI=1S/C49H37N/c1-49(2)45-28-22-36(32-18-24-40(25-19-32)50(38-12-5-3-6-13-38)39-14-7-4-8-15-39)30-43(45)44-31-37(23-29-46(44)49)41-26-20-35-17-16-33-10-9-11-34-21-27-42(41)48(35)47(33)34/h3-26,28-31,47H,27H2,1-2H3. The number of fused-ring (bicyclic) bond motifs is 3. The van der Waals surface area contributed by atoms with Gasteiger partial charge < -0.3 is 4.90 Å². The third-order valence-electron chi connectivity index (χ3n) is 11.4. The highest BCUT2D eigenvalue weighted by atomic mass is 15.1. The maximum absolute atomic E-state index is 2.47. The molecule has 50 heavy (non-hydrogen) atoms. The van der Waals surface area contributed by atoms with Crippen molar-refractivity contribution in [3.05, 3.63) is 203 Å². The smallest absolute Gasteiger partial charge is 0.0462 e. The lowest BCUT2D eigenvalue weighted by Crippen LogP contribution is -2.18. The molecule has 0 amide bonds. The minimum atomic E-state index is -0.0574. The summed E-state index contributed by atoms with van der Waals surface area (Å²) in [6, 6.07) is 49.3. The van der Waals surface area contributed by atoms with E-state index >= 15 is 0 Å². The highest BCUT2D eigenvalue weighted by Crippen LogP contribution is 2.52. The van der Waals surface area contributed by atoms with Gasteiger partial charge in [-0.15, -0.1) is 0 Å². The first-order valence-corrected chi connectivity index (χ1v) is 17.8. The maximum Gasteiger partial charge on any atom is 0.0462 e. The molecular formula is C49H37N. The number of rotatable bonds is 5. The van der Waals surface area contributed by atoms with Gasteiger partial charge in [-0.2, -0.15) is 0 Å². The molecular weight excluding hydrogens is 603 g/mol. The summed E-state index contributed by atoms with van der Waals surface area (Å²) in [5.74, 6) is 0.360. The van der Waals surface area contributed by atoms with Gasteiger partial charge in [-0.25, -0.2) is 0 Å². The van der Waals surface area contributed by atoms with Crippen LogP contribution in [0.2, 0.25) is 0 Å². The lowest BCUT2D eigenvalue weighted by Gasteiger charge is -2.34. The van der Waals surface area contributed by atoms with Crippen LogP contribution in [-0.2, 0) is 11.8 Å². The number of hydrogen-bond acceptors (Lipinski definition) is 1. The number of hydrogen-bond donors (Lipinski definition) is 0. The lowest BCUT2D eigenvalue weighted by molar-refractivity contribution is 0.660. The molecule has 0 saturated carbocycles. The zero-order valence-corrected chi connectivity index (χ0v) is 28.4. The SMILES string of the molecule is CC1(C)c2ccc(-c3ccc(N(c4ccccc4)c4ccccc4)cc3)cc2-c2cc(-c3ccc4c5c3CC=C3C=CC=C(C=C4)C35)ccc21. The molecule has 4 aliphatic carbocycles. The highest BCUT2D eigenvalue weighted by molar-refractivity contribution is 5.89. The Kier molecular flexibility index (Phi) is 6.42. The number of anilines is 3. The molecule has 4 aliphatic rings. The van der Waals surface area contributed by atoms with Gasteiger partial charge in [0, 0.05) is 28.4 Å². The van der Waals surface area contributed by atoms with Gasteiger partial charge in [-0.05, 0) is 127 Å². The van der Waals surface area contributed by atoms with E-state index in [0.717, 1.165) is 23.5 Å². The van der Waals surface area contributed by atoms with Crippen LogP contribution in [0.5, 0.6) is 0 Å². The fraction of sp³-hybridized carbons (Fsp3) is 0.102. The second-order valence-electron chi connectivity index (χ2n) is 14.5. The third-order valence-corrected chi connectivity index (χ3v) is 11.4. The van der Waals surface area contributed by atoms with Crippen LogP contribution >= 0.6 is 0 Å². The van der Waals surface area contributed by atoms with Crippen LogP contribution in [0, 0.1) is 0 Å². The average Bonchev–Trinajstić information content (AvgIpc) is 3.40. The highest BCUT2D eigenvalue weighted by Gasteiger charge is 2.36. The van der Waals surface area contributed by atoms with Crippen LogP contribution in [0.3, 0.4) is 0 Å². The second kappa shape index (κ2) is 11.1. The maximum atomic E-state index is 2.47. The van der Waals surface area contributed by atoms with Gasteiger partial charge in [0.25, 0.3) is 0 Å². The molecule has 238 valence electrons. The van der Waals surface area contributed by atoms with E-state index in [1.165, 1.54) is 72.3 Å². The van der Waals surface area contributed by atoms with Crippen molar-refractivity contribution in [2.24, 2.45) is 0 Å². The Bertz CT molecular complexity index is 2410. The Morgan fingerprint density at radius 2 is 1.16 bits per heavy atom.